The summed E-state index contributed by atoms with van der Waals surface area (Å²) in [6, 6.07) is 84.0. The minimum atomic E-state index is -2.11. The molecule has 4 heterocycles. The molecule has 0 aromatic heterocycles. The maximum atomic E-state index is 5.08. The summed E-state index contributed by atoms with van der Waals surface area (Å²) in [6.45, 7) is 33.0. The Kier molecular flexibility index (Phi) is 35.7. The summed E-state index contributed by atoms with van der Waals surface area (Å²) in [6.07, 6.45) is 25.9. The SMILES string of the molecule is CC(C)[C@@H]1C[C@@H]2C(C3CCCCC3)=CC=C[C@@H]2C1[Si](C)(C)N1c2ccccc2[N-]c2ccccc21.CC(C)[C@@H]1C[C@@H]2C(c3cccc(-c4ccccc4)c3)=CC=C[C@@H]2C1[Si](C)(C)N1c2ccccc2[N-]c2ccccc21.CC1=C(c2ccccc2)[C@H]2C[C@@H](C(C)C)C([Si](C)(C)N3c4ccccc4[N-]c4ccccc43)[C@H]2S1.[CH3-].[CH3-].[CH3-].[Cl][Ti][Cl].[Cl][Ti][Cl].[Cl][Ti][Cl]. The van der Waals surface area contributed by atoms with E-state index in [1.54, 1.807) is 5.57 Å². The molecule has 6 nitrogen and oxygen atoms in total. The first-order chi connectivity index (χ1) is 58.0. The van der Waals surface area contributed by atoms with E-state index in [0.29, 0.717) is 63.7 Å². The second kappa shape index (κ2) is 44.3. The summed E-state index contributed by atoms with van der Waals surface area (Å²) in [7, 11) is 23.2. The number of halogens is 6. The number of para-hydroxylation sites is 12. The second-order valence-corrected chi connectivity index (χ2v) is 59.1. The van der Waals surface area contributed by atoms with Crippen LogP contribution in [0.15, 0.2) is 277 Å². The molecule has 9 aromatic rings. The van der Waals surface area contributed by atoms with Crippen LogP contribution in [-0.4, -0.2) is 30.0 Å². The van der Waals surface area contributed by atoms with Crippen LogP contribution < -0.4 is 13.7 Å². The minimum absolute atomic E-state index is 0. The standard InChI is InChI=1S/C38H39N2Si.C32H41N2Si.C31H35N2SSi.3CH3.6ClH.3Ti/c1-26(2)32-25-33-30(29-17-12-16-28(24-29)27-14-6-5-7-15-27)18-13-19-31(33)38(32)41(3,4)40-36-22-10-8-20-34(36)39-35-21-9-11-23-37(35)40;1-22(2)26-21-27-24(23-13-6-5-7-14-23)15-12-16-25(27)32(26)35(3,4)34-30-19-10-8-17-28(30)33-29-18-9-11-20-31(29)34;1-20(2)23-19-24-29(22-13-7-6-8-14-22)21(3)34-30(24)31(23)35(4,5)33-27-17-11-9-15-25(27)32-26-16-10-12-18-28(26)33;;;;;;;;;;;;/h5-24,26,31-33,38H,25H2,1-4H3;8-12,15-20,22-23,25-27,32H,5-7,13-14,21H2,1-4H3;6-18,20,23-24,30-31H,19H2,1-5H3;3*1H3;6*1H;;;/q6*-1;;;;;;;3*+2/p-6/t31-,32-,33+,38?;25-,26-,27+,32?;23-,24+,30-,31?;;;;;;;;;;;;/m000............/s1. The molecular formula is C104H124Cl6N6SSi3Ti3-6. The predicted octanol–water partition coefficient (Wildman–Crippen LogP) is 36.7. The zero-order valence-corrected chi connectivity index (χ0v) is 87.7. The third kappa shape index (κ3) is 20.6. The van der Waals surface area contributed by atoms with Crippen LogP contribution in [0.25, 0.3) is 38.2 Å². The average Bonchev–Trinajstić information content (AvgIpc) is 1.54. The Labute approximate surface area is 797 Å². The second-order valence-electron chi connectivity index (χ2n) is 36.7. The van der Waals surface area contributed by atoms with Crippen molar-refractivity contribution in [3.8, 4) is 11.1 Å². The van der Waals surface area contributed by atoms with E-state index in [2.05, 4.69) is 380 Å². The van der Waals surface area contributed by atoms with E-state index in [1.807, 2.05) is 5.57 Å². The molecule has 10 aliphatic rings. The molecule has 0 N–H and O–H groups in total. The van der Waals surface area contributed by atoms with Crippen molar-refractivity contribution in [2.45, 2.75) is 161 Å². The third-order valence-corrected chi connectivity index (χ3v) is 42.2. The zero-order chi connectivity index (χ0) is 84.7. The molecule has 9 aromatic carbocycles. The normalized spacial score (nSPS) is 23.3. The fraction of sp³-hybridized carbons (Fsp3) is 0.356. The molecule has 19 rings (SSSR count). The predicted molar refractivity (Wildman–Crippen MR) is 541 cm³/mol. The quantitative estimate of drug-likeness (QED) is 0.0853. The number of benzene rings is 9. The van der Waals surface area contributed by atoms with Gasteiger partial charge in [0.25, 0.3) is 0 Å². The van der Waals surface area contributed by atoms with Crippen molar-refractivity contribution in [2.24, 2.45) is 71.0 Å². The molecule has 12 atom stereocenters. The summed E-state index contributed by atoms with van der Waals surface area (Å²) in [4.78, 5) is 1.54. The van der Waals surface area contributed by atoms with Crippen LogP contribution in [0.4, 0.5) is 68.2 Å². The molecule has 0 radical (unpaired) electrons. The van der Waals surface area contributed by atoms with Crippen LogP contribution in [0.2, 0.25) is 55.9 Å². The molecule has 4 saturated carbocycles. The van der Waals surface area contributed by atoms with Gasteiger partial charge in [-0.25, -0.2) is 0 Å². The first kappa shape index (κ1) is 98.9. The number of rotatable bonds is 13. The molecule has 6 aliphatic carbocycles. The summed E-state index contributed by atoms with van der Waals surface area (Å²) < 4.78 is 8.32. The van der Waals surface area contributed by atoms with E-state index in [1.165, 1.54) is 118 Å². The van der Waals surface area contributed by atoms with Crippen molar-refractivity contribution in [2.75, 3.05) is 13.7 Å². The van der Waals surface area contributed by atoms with E-state index in [9.17, 15) is 0 Å². The van der Waals surface area contributed by atoms with Crippen molar-refractivity contribution in [1.82, 2.24) is 0 Å². The maximum absolute atomic E-state index is 5.08. The number of allylic oxidation sites excluding steroid dienone is 10. The molecule has 4 fully saturated rings. The summed E-state index contributed by atoms with van der Waals surface area (Å²) in [5.41, 5.74) is 26.8. The molecule has 123 heavy (non-hydrogen) atoms. The van der Waals surface area contributed by atoms with Crippen LogP contribution in [0, 0.1) is 93.3 Å². The molecule has 19 heteroatoms. The fourth-order valence-corrected chi connectivity index (χ4v) is 40.4. The third-order valence-electron chi connectivity index (χ3n) is 28.3. The van der Waals surface area contributed by atoms with Crippen molar-refractivity contribution in [1.29, 1.82) is 0 Å². The van der Waals surface area contributed by atoms with Crippen molar-refractivity contribution in [3.05, 3.63) is 327 Å². The van der Waals surface area contributed by atoms with Crippen LogP contribution in [0.5, 0.6) is 0 Å². The average molecular weight is 1930 g/mol. The van der Waals surface area contributed by atoms with Gasteiger partial charge in [-0.05, 0) is 207 Å². The van der Waals surface area contributed by atoms with E-state index in [-0.39, 0.29) is 22.3 Å². The Bertz CT molecular complexity index is 5020. The van der Waals surface area contributed by atoms with Gasteiger partial charge in [-0.15, -0.1) is 45.9 Å². The van der Waals surface area contributed by atoms with Crippen LogP contribution in [0.3, 0.4) is 0 Å². The van der Waals surface area contributed by atoms with Gasteiger partial charge < -0.3 is 51.9 Å². The summed E-state index contributed by atoms with van der Waals surface area (Å²) in [5.74, 6) is 8.11. The molecule has 0 saturated heterocycles. The van der Waals surface area contributed by atoms with Gasteiger partial charge in [0.2, 0.25) is 0 Å². The van der Waals surface area contributed by atoms with Crippen LogP contribution in [-0.2, 0) is 51.1 Å². The Hall–Kier alpha value is -4.64. The Morgan fingerprint density at radius 1 is 0.366 bits per heavy atom. The number of thioether (sulfide) groups is 1. The topological polar surface area (TPSA) is 52.0 Å². The Balaban J connectivity index is 0.000000170. The van der Waals surface area contributed by atoms with Crippen LogP contribution >= 0.6 is 67.6 Å². The van der Waals surface area contributed by atoms with Gasteiger partial charge in [-0.3, -0.25) is 0 Å². The van der Waals surface area contributed by atoms with Crippen molar-refractivity contribution < 1.29 is 51.1 Å². The van der Waals surface area contributed by atoms with Gasteiger partial charge in [-0.2, -0.15) is 0 Å². The summed E-state index contributed by atoms with van der Waals surface area (Å²) >= 11 is 0.519. The molecule has 648 valence electrons. The van der Waals surface area contributed by atoms with Crippen LogP contribution in [0.1, 0.15) is 111 Å². The first-order valence-corrected chi connectivity index (χ1v) is 66.2. The van der Waals surface area contributed by atoms with Gasteiger partial charge in [0.15, 0.2) is 24.7 Å². The van der Waals surface area contributed by atoms with Crippen molar-refractivity contribution >= 4 is 172 Å². The molecule has 0 amide bonds. The number of hydrogen-bond donors (Lipinski definition) is 0. The van der Waals surface area contributed by atoms with Gasteiger partial charge in [0.05, 0.1) is 0 Å². The van der Waals surface area contributed by atoms with E-state index < -0.39 is 75.8 Å². The van der Waals surface area contributed by atoms with Gasteiger partial charge in [0.1, 0.15) is 0 Å². The molecule has 0 spiro atoms. The van der Waals surface area contributed by atoms with Gasteiger partial charge in [-0.1, -0.05) is 330 Å². The van der Waals surface area contributed by atoms with E-state index in [4.69, 9.17) is 71.8 Å². The summed E-state index contributed by atoms with van der Waals surface area (Å²) in [5, 5.41) is 15.8. The first-order valence-electron chi connectivity index (χ1n) is 43.4. The fourth-order valence-electron chi connectivity index (χ4n) is 23.6. The number of nitrogens with zero attached hydrogens (tertiary/aromatic N) is 6. The number of hydrogen-bond acceptors (Lipinski definition) is 4. The van der Waals surface area contributed by atoms with Gasteiger partial charge >= 0.3 is 107 Å². The number of anilines is 6. The Morgan fingerprint density at radius 2 is 0.683 bits per heavy atom. The van der Waals surface area contributed by atoms with E-state index >= 15 is 0 Å². The molecule has 4 aliphatic heterocycles. The van der Waals surface area contributed by atoms with Gasteiger partial charge in [0, 0.05) is 39.4 Å². The number of fused-ring (bicyclic) bond motifs is 9. The molecule has 3 unspecified atom stereocenters. The van der Waals surface area contributed by atoms with Crippen molar-refractivity contribution in [3.63, 3.8) is 0 Å². The monoisotopic (exact) mass is 1930 g/mol. The van der Waals surface area contributed by atoms with E-state index in [0.717, 1.165) is 63.3 Å². The zero-order valence-electron chi connectivity index (χ0n) is 74.7. The Morgan fingerprint density at radius 3 is 1.08 bits per heavy atom. The molecule has 0 bridgehead atoms. The molecular weight excluding hydrogens is 1810 g/mol.